The van der Waals surface area contributed by atoms with Gasteiger partial charge in [0.2, 0.25) is 0 Å². The van der Waals surface area contributed by atoms with Gasteiger partial charge < -0.3 is 5.32 Å². The fraction of sp³-hybridized carbons (Fsp3) is 0.467. The predicted molar refractivity (Wildman–Crippen MR) is 148 cm³/mol. The van der Waals surface area contributed by atoms with Crippen LogP contribution in [0.1, 0.15) is 70.9 Å². The van der Waals surface area contributed by atoms with Crippen LogP contribution in [0.5, 0.6) is 0 Å². The van der Waals surface area contributed by atoms with Crippen LogP contribution in [0.4, 0.5) is 0 Å². The topological polar surface area (TPSA) is 53.6 Å². The lowest BCUT2D eigenvalue weighted by Gasteiger charge is -2.26. The van der Waals surface area contributed by atoms with Gasteiger partial charge in [0.05, 0.1) is 17.6 Å². The number of H-pyrrole nitrogens is 1. The maximum atomic E-state index is 4.72. The average molecular weight is 487 g/mol. The number of thiophene rings is 1. The molecule has 0 aliphatic heterocycles. The highest BCUT2D eigenvalue weighted by molar-refractivity contribution is 7.13. The molecule has 0 spiro atoms. The Morgan fingerprint density at radius 1 is 1.20 bits per heavy atom. The van der Waals surface area contributed by atoms with E-state index >= 15 is 0 Å². The number of hydrogen-bond acceptors (Lipinski definition) is 4. The molecule has 2 aliphatic carbocycles. The van der Waals surface area contributed by atoms with E-state index in [0.29, 0.717) is 5.41 Å². The van der Waals surface area contributed by atoms with E-state index in [1.54, 1.807) is 0 Å². The summed E-state index contributed by atoms with van der Waals surface area (Å²) in [4.78, 5) is 5.95. The summed E-state index contributed by atoms with van der Waals surface area (Å²) in [7, 11) is 0. The number of aromatic amines is 1. The molecule has 1 saturated carbocycles. The van der Waals surface area contributed by atoms with Crippen LogP contribution in [0, 0.1) is 18.3 Å². The van der Waals surface area contributed by atoms with Gasteiger partial charge in [0.1, 0.15) is 0 Å². The number of nitrogens with one attached hydrogen (secondary N) is 2. The number of unbranched alkanes of at least 4 members (excludes halogenated alkanes) is 1. The standard InChI is InChI=1S/C30H38N4S/c1-21-11-9-15-26(33-21)29-24(20-32-34-29)28-19-23-25(14-5-4-6-16-27(23)35-28)31-18-8-7-12-22-13-10-17-30(22,2)3/h5,9,11,14-16,19-20,22,31H,4,6-8,10,12-13,17-18H2,1-3H3,(H,32,34)/b14-5-,25-23+,27-16+. The molecule has 3 aromatic heterocycles. The fourth-order valence-electron chi connectivity index (χ4n) is 5.68. The van der Waals surface area contributed by atoms with Crippen molar-refractivity contribution in [1.29, 1.82) is 0 Å². The summed E-state index contributed by atoms with van der Waals surface area (Å²) in [6.45, 7) is 7.98. The van der Waals surface area contributed by atoms with Gasteiger partial charge in [-0.05, 0) is 81.1 Å². The molecule has 0 radical (unpaired) electrons. The van der Waals surface area contributed by atoms with Gasteiger partial charge in [-0.2, -0.15) is 5.10 Å². The minimum Gasteiger partial charge on any atom is -0.385 e. The van der Waals surface area contributed by atoms with E-state index in [1.807, 2.05) is 36.6 Å². The van der Waals surface area contributed by atoms with Crippen LogP contribution in [0.2, 0.25) is 0 Å². The van der Waals surface area contributed by atoms with Crippen molar-refractivity contribution in [3.8, 4) is 21.8 Å². The Bertz CT molecular complexity index is 1310. The average Bonchev–Trinajstić information content (AvgIpc) is 3.54. The van der Waals surface area contributed by atoms with E-state index < -0.39 is 0 Å². The monoisotopic (exact) mass is 486 g/mol. The normalized spacial score (nSPS) is 22.6. The summed E-state index contributed by atoms with van der Waals surface area (Å²) in [5.74, 6) is 0.907. The zero-order valence-electron chi connectivity index (χ0n) is 21.4. The van der Waals surface area contributed by atoms with Crippen molar-refractivity contribution in [3.63, 3.8) is 0 Å². The van der Waals surface area contributed by atoms with Crippen molar-refractivity contribution < 1.29 is 0 Å². The van der Waals surface area contributed by atoms with Gasteiger partial charge >= 0.3 is 0 Å². The summed E-state index contributed by atoms with van der Waals surface area (Å²) in [6.07, 6.45) is 19.2. The summed E-state index contributed by atoms with van der Waals surface area (Å²) in [6, 6.07) is 8.46. The molecule has 1 fully saturated rings. The summed E-state index contributed by atoms with van der Waals surface area (Å²) in [5.41, 5.74) is 5.85. The molecule has 3 heterocycles. The minimum absolute atomic E-state index is 0.544. The molecule has 35 heavy (non-hydrogen) atoms. The zero-order chi connectivity index (χ0) is 24.3. The van der Waals surface area contributed by atoms with E-state index in [0.717, 1.165) is 47.9 Å². The zero-order valence-corrected chi connectivity index (χ0v) is 22.2. The second-order valence-electron chi connectivity index (χ2n) is 10.8. The molecular weight excluding hydrogens is 448 g/mol. The van der Waals surface area contributed by atoms with Crippen LogP contribution in [-0.2, 0) is 0 Å². The third kappa shape index (κ3) is 5.45. The first-order chi connectivity index (χ1) is 17.0. The quantitative estimate of drug-likeness (QED) is 0.366. The fourth-order valence-corrected chi connectivity index (χ4v) is 6.84. The first-order valence-electron chi connectivity index (χ1n) is 13.2. The summed E-state index contributed by atoms with van der Waals surface area (Å²) >= 11 is 1.85. The number of fused-ring (bicyclic) bond motifs is 1. The molecule has 1 atom stereocenters. The third-order valence-electron chi connectivity index (χ3n) is 7.82. The Morgan fingerprint density at radius 3 is 2.94 bits per heavy atom. The number of aromatic nitrogens is 3. The molecule has 0 amide bonds. The molecule has 5 rings (SSSR count). The molecule has 184 valence electrons. The van der Waals surface area contributed by atoms with Gasteiger partial charge in [-0.25, -0.2) is 0 Å². The molecule has 2 aliphatic rings. The maximum absolute atomic E-state index is 4.72. The molecular formula is C30H38N4S. The van der Waals surface area contributed by atoms with Gasteiger partial charge in [0.15, 0.2) is 0 Å². The lowest BCUT2D eigenvalue weighted by Crippen LogP contribution is -2.28. The molecule has 1 unspecified atom stereocenters. The van der Waals surface area contributed by atoms with Gasteiger partial charge in [-0.3, -0.25) is 10.1 Å². The van der Waals surface area contributed by atoms with Crippen LogP contribution >= 0.6 is 11.3 Å². The van der Waals surface area contributed by atoms with Gasteiger partial charge in [-0.15, -0.1) is 11.3 Å². The van der Waals surface area contributed by atoms with Gasteiger partial charge in [0.25, 0.3) is 0 Å². The number of pyridine rings is 1. The van der Waals surface area contributed by atoms with Crippen LogP contribution in [0.15, 0.2) is 42.6 Å². The van der Waals surface area contributed by atoms with Crippen molar-refractivity contribution in [1.82, 2.24) is 20.5 Å². The molecule has 0 aromatic carbocycles. The third-order valence-corrected chi connectivity index (χ3v) is 8.99. The number of rotatable bonds is 8. The highest BCUT2D eigenvalue weighted by Gasteiger charge is 2.33. The Morgan fingerprint density at radius 2 is 2.11 bits per heavy atom. The Balaban J connectivity index is 1.35. The number of aryl methyl sites for hydroxylation is 1. The van der Waals surface area contributed by atoms with E-state index in [9.17, 15) is 0 Å². The van der Waals surface area contributed by atoms with Crippen LogP contribution in [-0.4, -0.2) is 21.7 Å². The largest absolute Gasteiger partial charge is 0.385 e. The van der Waals surface area contributed by atoms with Gasteiger partial charge in [0, 0.05) is 38.1 Å². The Hall–Kier alpha value is -2.66. The Kier molecular flexibility index (Phi) is 7.24. The van der Waals surface area contributed by atoms with E-state index in [2.05, 4.69) is 59.7 Å². The second kappa shape index (κ2) is 10.5. The van der Waals surface area contributed by atoms with Crippen molar-refractivity contribution in [2.24, 2.45) is 11.3 Å². The van der Waals surface area contributed by atoms with Crippen molar-refractivity contribution in [2.45, 2.75) is 72.1 Å². The molecule has 0 saturated heterocycles. The number of nitrogens with zero attached hydrogens (tertiary/aromatic N) is 2. The van der Waals surface area contributed by atoms with Crippen molar-refractivity contribution in [2.75, 3.05) is 6.54 Å². The molecule has 3 aromatic rings. The molecule has 5 heteroatoms. The first kappa shape index (κ1) is 24.1. The highest BCUT2D eigenvalue weighted by atomic mass is 32.1. The highest BCUT2D eigenvalue weighted by Crippen LogP contribution is 2.44. The van der Waals surface area contributed by atoms with Crippen LogP contribution < -0.4 is 15.1 Å². The molecule has 2 N–H and O–H groups in total. The smallest absolute Gasteiger partial charge is 0.0921 e. The second-order valence-corrected chi connectivity index (χ2v) is 11.9. The van der Waals surface area contributed by atoms with Gasteiger partial charge in [-0.1, -0.05) is 44.9 Å². The lowest BCUT2D eigenvalue weighted by molar-refractivity contribution is 0.240. The Labute approximate surface area is 213 Å². The van der Waals surface area contributed by atoms with Crippen LogP contribution in [0.25, 0.3) is 33.6 Å². The summed E-state index contributed by atoms with van der Waals surface area (Å²) < 4.78 is 1.35. The first-order valence-corrected chi connectivity index (χ1v) is 14.1. The number of allylic oxidation sites excluding steroid dienone is 1. The van der Waals surface area contributed by atoms with Crippen molar-refractivity contribution in [3.05, 3.63) is 58.1 Å². The SMILES string of the molecule is Cc1cccc(-c2[nH]ncc2-c2cc3/c(s2)=C\CC/C=C\C=3NCCCCC2CCCC2(C)C)n1. The summed E-state index contributed by atoms with van der Waals surface area (Å²) in [5, 5.41) is 12.7. The van der Waals surface area contributed by atoms with Crippen LogP contribution in [0.3, 0.4) is 0 Å². The number of hydrogen-bond donors (Lipinski definition) is 2. The maximum Gasteiger partial charge on any atom is 0.0921 e. The molecule has 4 nitrogen and oxygen atoms in total. The van der Waals surface area contributed by atoms with E-state index in [4.69, 9.17) is 4.98 Å². The molecule has 0 bridgehead atoms. The van der Waals surface area contributed by atoms with Crippen molar-refractivity contribution >= 4 is 23.1 Å². The lowest BCUT2D eigenvalue weighted by atomic mass is 9.79. The van der Waals surface area contributed by atoms with E-state index in [1.165, 1.54) is 58.9 Å². The predicted octanol–water partition coefficient (Wildman–Crippen LogP) is 6.33. The van der Waals surface area contributed by atoms with E-state index in [-0.39, 0.29) is 0 Å². The minimum atomic E-state index is 0.544.